The number of aryl methyl sites for hydroxylation is 1. The first-order valence-corrected chi connectivity index (χ1v) is 8.86. The number of hydrogen-bond acceptors (Lipinski definition) is 4. The Morgan fingerprint density at radius 1 is 1.22 bits per heavy atom. The molecule has 0 N–H and O–H groups in total. The summed E-state index contributed by atoms with van der Waals surface area (Å²) >= 11 is 1.79. The lowest BCUT2D eigenvalue weighted by Gasteiger charge is -2.24. The van der Waals surface area contributed by atoms with Crippen LogP contribution in [0.4, 0.5) is 0 Å². The van der Waals surface area contributed by atoms with Gasteiger partial charge in [0.2, 0.25) is 0 Å². The molecule has 1 saturated heterocycles. The molecule has 1 unspecified atom stereocenters. The Hall–Kier alpha value is -1.98. The maximum atomic E-state index is 12.7. The predicted octanol–water partition coefficient (Wildman–Crippen LogP) is 3.56. The van der Waals surface area contributed by atoms with Crippen molar-refractivity contribution in [1.29, 1.82) is 0 Å². The lowest BCUT2D eigenvalue weighted by Crippen LogP contribution is -2.34. The first kappa shape index (κ1) is 14.6. The topological polar surface area (TPSA) is 38.1 Å². The monoisotopic (exact) mass is 325 g/mol. The van der Waals surface area contributed by atoms with Gasteiger partial charge in [-0.15, -0.1) is 11.3 Å². The molecule has 0 bridgehead atoms. The largest absolute Gasteiger partial charge is 0.276 e. The Balaban J connectivity index is 1.70. The van der Waals surface area contributed by atoms with Crippen LogP contribution in [-0.2, 0) is 6.67 Å². The molecule has 1 fully saturated rings. The Morgan fingerprint density at radius 2 is 2.04 bits per heavy atom. The van der Waals surface area contributed by atoms with Gasteiger partial charge in [0.25, 0.3) is 5.56 Å². The van der Waals surface area contributed by atoms with Gasteiger partial charge < -0.3 is 0 Å². The van der Waals surface area contributed by atoms with Gasteiger partial charge in [-0.2, -0.15) is 5.10 Å². The van der Waals surface area contributed by atoms with E-state index < -0.39 is 0 Å². The van der Waals surface area contributed by atoms with Crippen LogP contribution in [0.5, 0.6) is 0 Å². The normalized spacial score (nSPS) is 18.7. The van der Waals surface area contributed by atoms with Gasteiger partial charge in [0, 0.05) is 22.8 Å². The van der Waals surface area contributed by atoms with Crippen molar-refractivity contribution in [1.82, 2.24) is 14.7 Å². The zero-order chi connectivity index (χ0) is 15.8. The SMILES string of the molecule is Cc1nn(CN2CCCC2c2cccs2)c(=O)c2ccccc12. The summed E-state index contributed by atoms with van der Waals surface area (Å²) in [6, 6.07) is 12.4. The molecule has 5 heteroatoms. The number of benzene rings is 1. The van der Waals surface area contributed by atoms with E-state index >= 15 is 0 Å². The molecule has 0 saturated carbocycles. The fourth-order valence-electron chi connectivity index (χ4n) is 3.47. The van der Waals surface area contributed by atoms with Crippen molar-refractivity contribution in [2.24, 2.45) is 0 Å². The Bertz CT molecular complexity index is 885. The minimum atomic E-state index is 0.00281. The molecular weight excluding hydrogens is 306 g/mol. The van der Waals surface area contributed by atoms with Crippen molar-refractivity contribution in [3.05, 3.63) is 62.7 Å². The molecule has 2 aromatic heterocycles. The van der Waals surface area contributed by atoms with Crippen LogP contribution in [0.25, 0.3) is 10.8 Å². The summed E-state index contributed by atoms with van der Waals surface area (Å²) in [5.41, 5.74) is 0.912. The maximum Gasteiger partial charge on any atom is 0.275 e. The highest BCUT2D eigenvalue weighted by molar-refractivity contribution is 7.10. The summed E-state index contributed by atoms with van der Waals surface area (Å²) in [7, 11) is 0. The van der Waals surface area contributed by atoms with Crippen LogP contribution >= 0.6 is 11.3 Å². The van der Waals surface area contributed by atoms with Crippen LogP contribution in [0.1, 0.15) is 29.5 Å². The molecule has 3 aromatic rings. The number of likely N-dealkylation sites (tertiary alicyclic amines) is 1. The molecule has 0 spiro atoms. The summed E-state index contributed by atoms with van der Waals surface area (Å²) in [6.07, 6.45) is 2.33. The molecular formula is C18H19N3OS. The summed E-state index contributed by atoms with van der Waals surface area (Å²) < 4.78 is 1.63. The number of aromatic nitrogens is 2. The Morgan fingerprint density at radius 3 is 2.83 bits per heavy atom. The van der Waals surface area contributed by atoms with E-state index in [0.717, 1.165) is 29.4 Å². The van der Waals surface area contributed by atoms with E-state index in [1.807, 2.05) is 31.2 Å². The fraction of sp³-hybridized carbons (Fsp3) is 0.333. The second kappa shape index (κ2) is 5.91. The molecule has 1 aliphatic rings. The summed E-state index contributed by atoms with van der Waals surface area (Å²) in [5.74, 6) is 0. The fourth-order valence-corrected chi connectivity index (χ4v) is 4.37. The van der Waals surface area contributed by atoms with Crippen molar-refractivity contribution < 1.29 is 0 Å². The maximum absolute atomic E-state index is 12.7. The van der Waals surface area contributed by atoms with Crippen LogP contribution < -0.4 is 5.56 Å². The number of hydrogen-bond donors (Lipinski definition) is 0. The molecule has 23 heavy (non-hydrogen) atoms. The number of fused-ring (bicyclic) bond motifs is 1. The van der Waals surface area contributed by atoms with Crippen molar-refractivity contribution in [3.8, 4) is 0 Å². The Kier molecular flexibility index (Phi) is 3.75. The van der Waals surface area contributed by atoms with Crippen LogP contribution in [0, 0.1) is 6.92 Å². The molecule has 1 atom stereocenters. The standard InChI is InChI=1S/C18H19N3OS/c1-13-14-6-2-3-7-15(14)18(22)21(19-13)12-20-10-4-8-16(20)17-9-5-11-23-17/h2-3,5-7,9,11,16H,4,8,10,12H2,1H3. The minimum absolute atomic E-state index is 0.00281. The minimum Gasteiger partial charge on any atom is -0.276 e. The van der Waals surface area contributed by atoms with Gasteiger partial charge in [-0.3, -0.25) is 9.69 Å². The highest BCUT2D eigenvalue weighted by Crippen LogP contribution is 2.34. The van der Waals surface area contributed by atoms with Gasteiger partial charge in [-0.1, -0.05) is 24.3 Å². The molecule has 4 rings (SSSR count). The van der Waals surface area contributed by atoms with E-state index in [-0.39, 0.29) is 5.56 Å². The van der Waals surface area contributed by atoms with E-state index in [1.54, 1.807) is 16.0 Å². The number of thiophene rings is 1. The average Bonchev–Trinajstić information content (AvgIpc) is 3.23. The molecule has 0 aliphatic carbocycles. The van der Waals surface area contributed by atoms with Crippen molar-refractivity contribution in [3.63, 3.8) is 0 Å². The van der Waals surface area contributed by atoms with Crippen LogP contribution in [0.15, 0.2) is 46.6 Å². The first-order valence-electron chi connectivity index (χ1n) is 7.98. The summed E-state index contributed by atoms with van der Waals surface area (Å²) in [6.45, 7) is 3.55. The molecule has 0 radical (unpaired) electrons. The van der Waals surface area contributed by atoms with E-state index in [1.165, 1.54) is 11.3 Å². The van der Waals surface area contributed by atoms with Crippen LogP contribution in [0.3, 0.4) is 0 Å². The van der Waals surface area contributed by atoms with Gasteiger partial charge in [0.1, 0.15) is 0 Å². The van der Waals surface area contributed by atoms with E-state index in [4.69, 9.17) is 0 Å². The van der Waals surface area contributed by atoms with Gasteiger partial charge in [0.05, 0.1) is 17.7 Å². The number of rotatable bonds is 3. The van der Waals surface area contributed by atoms with Crippen LogP contribution in [0.2, 0.25) is 0 Å². The summed E-state index contributed by atoms with van der Waals surface area (Å²) in [4.78, 5) is 16.5. The lowest BCUT2D eigenvalue weighted by molar-refractivity contribution is 0.189. The molecule has 4 nitrogen and oxygen atoms in total. The third-order valence-electron chi connectivity index (χ3n) is 4.60. The van der Waals surface area contributed by atoms with Gasteiger partial charge in [-0.25, -0.2) is 4.68 Å². The van der Waals surface area contributed by atoms with Crippen molar-refractivity contribution >= 4 is 22.1 Å². The highest BCUT2D eigenvalue weighted by Gasteiger charge is 2.27. The second-order valence-corrected chi connectivity index (χ2v) is 7.04. The third-order valence-corrected chi connectivity index (χ3v) is 5.58. The smallest absolute Gasteiger partial charge is 0.275 e. The van der Waals surface area contributed by atoms with Crippen LogP contribution in [-0.4, -0.2) is 21.2 Å². The van der Waals surface area contributed by atoms with Crippen molar-refractivity contribution in [2.75, 3.05) is 6.54 Å². The molecule has 0 amide bonds. The van der Waals surface area contributed by atoms with E-state index in [2.05, 4.69) is 27.5 Å². The molecule has 1 aliphatic heterocycles. The Labute approximate surface area is 139 Å². The van der Waals surface area contributed by atoms with Crippen molar-refractivity contribution in [2.45, 2.75) is 32.5 Å². The quantitative estimate of drug-likeness (QED) is 0.739. The third kappa shape index (κ3) is 2.60. The average molecular weight is 325 g/mol. The predicted molar refractivity (Wildman–Crippen MR) is 93.7 cm³/mol. The molecule has 118 valence electrons. The summed E-state index contributed by atoms with van der Waals surface area (Å²) in [5, 5.41) is 8.37. The first-order chi connectivity index (χ1) is 11.2. The number of nitrogens with zero attached hydrogens (tertiary/aromatic N) is 3. The van der Waals surface area contributed by atoms with E-state index in [9.17, 15) is 4.79 Å². The van der Waals surface area contributed by atoms with Gasteiger partial charge in [-0.05, 0) is 37.3 Å². The zero-order valence-electron chi connectivity index (χ0n) is 13.1. The highest BCUT2D eigenvalue weighted by atomic mass is 32.1. The van der Waals surface area contributed by atoms with Gasteiger partial charge in [0.15, 0.2) is 0 Å². The van der Waals surface area contributed by atoms with E-state index in [0.29, 0.717) is 12.7 Å². The second-order valence-electron chi connectivity index (χ2n) is 6.06. The lowest BCUT2D eigenvalue weighted by atomic mass is 10.1. The molecule has 3 heterocycles. The van der Waals surface area contributed by atoms with Gasteiger partial charge >= 0.3 is 0 Å². The zero-order valence-corrected chi connectivity index (χ0v) is 13.9. The molecule has 1 aromatic carbocycles.